The van der Waals surface area contributed by atoms with Crippen molar-refractivity contribution in [3.8, 4) is 0 Å². The molecule has 2 N–H and O–H groups in total. The van der Waals surface area contributed by atoms with Crippen LogP contribution in [0.2, 0.25) is 0 Å². The fourth-order valence-corrected chi connectivity index (χ4v) is 2.22. The Morgan fingerprint density at radius 1 is 1.56 bits per heavy atom. The fraction of sp³-hybridized carbons (Fsp3) is 0.583. The van der Waals surface area contributed by atoms with E-state index in [1.54, 1.807) is 6.07 Å². The first-order chi connectivity index (χ1) is 8.66. The first kappa shape index (κ1) is 12.8. The lowest BCUT2D eigenvalue weighted by atomic mass is 10.1. The zero-order valence-corrected chi connectivity index (χ0v) is 10.1. The van der Waals surface area contributed by atoms with Gasteiger partial charge in [-0.3, -0.25) is 9.36 Å². The van der Waals surface area contributed by atoms with E-state index < -0.39 is 5.69 Å². The number of carbonyl (C=O) groups is 1. The van der Waals surface area contributed by atoms with Crippen molar-refractivity contribution in [3.05, 3.63) is 28.9 Å². The molecule has 0 aromatic carbocycles. The molecule has 18 heavy (non-hydrogen) atoms. The molecule has 0 aliphatic heterocycles. The quantitative estimate of drug-likeness (QED) is 0.757. The number of hydrogen-bond donors (Lipinski definition) is 2. The molecule has 2 rings (SSSR count). The molecule has 0 bridgehead atoms. The number of rotatable bonds is 4. The van der Waals surface area contributed by atoms with E-state index >= 15 is 0 Å². The van der Waals surface area contributed by atoms with Crippen molar-refractivity contribution in [2.75, 3.05) is 6.54 Å². The number of carbonyl (C=O) groups excluding carboxylic acids is 1. The van der Waals surface area contributed by atoms with Gasteiger partial charge in [0.2, 0.25) is 5.91 Å². The van der Waals surface area contributed by atoms with Crippen molar-refractivity contribution >= 4 is 5.91 Å². The second kappa shape index (κ2) is 5.77. The Labute approximate surface area is 105 Å². The first-order valence-electron chi connectivity index (χ1n) is 6.13. The molecule has 1 amide bonds. The van der Waals surface area contributed by atoms with Crippen molar-refractivity contribution < 1.29 is 9.90 Å². The van der Waals surface area contributed by atoms with Gasteiger partial charge in [-0.2, -0.15) is 0 Å². The van der Waals surface area contributed by atoms with E-state index in [9.17, 15) is 14.7 Å². The minimum Gasteiger partial charge on any atom is -0.393 e. The van der Waals surface area contributed by atoms with Gasteiger partial charge in [0.15, 0.2) is 0 Å². The third-order valence-electron chi connectivity index (χ3n) is 3.28. The van der Waals surface area contributed by atoms with E-state index in [1.165, 1.54) is 17.0 Å². The monoisotopic (exact) mass is 251 g/mol. The van der Waals surface area contributed by atoms with Crippen LogP contribution in [-0.4, -0.2) is 33.2 Å². The summed E-state index contributed by atoms with van der Waals surface area (Å²) in [6, 6.07) is 1.61. The molecule has 6 nitrogen and oxygen atoms in total. The Morgan fingerprint density at radius 2 is 2.39 bits per heavy atom. The van der Waals surface area contributed by atoms with Crippen molar-refractivity contribution in [3.63, 3.8) is 0 Å². The van der Waals surface area contributed by atoms with Crippen LogP contribution in [0.3, 0.4) is 0 Å². The van der Waals surface area contributed by atoms with E-state index in [1.807, 2.05) is 0 Å². The van der Waals surface area contributed by atoms with Gasteiger partial charge in [0, 0.05) is 24.9 Å². The summed E-state index contributed by atoms with van der Waals surface area (Å²) in [5.74, 6) is -0.0937. The third-order valence-corrected chi connectivity index (χ3v) is 3.28. The second-order valence-corrected chi connectivity index (χ2v) is 4.59. The zero-order valence-electron chi connectivity index (χ0n) is 10.1. The van der Waals surface area contributed by atoms with E-state index in [4.69, 9.17) is 0 Å². The molecule has 6 heteroatoms. The summed E-state index contributed by atoms with van der Waals surface area (Å²) in [6.07, 6.45) is 5.36. The molecule has 1 aliphatic rings. The maximum Gasteiger partial charge on any atom is 0.347 e. The van der Waals surface area contributed by atoms with Crippen molar-refractivity contribution in [1.29, 1.82) is 0 Å². The predicted molar refractivity (Wildman–Crippen MR) is 64.9 cm³/mol. The highest BCUT2D eigenvalue weighted by Crippen LogP contribution is 2.24. The Kier molecular flexibility index (Phi) is 4.09. The molecule has 98 valence electrons. The summed E-state index contributed by atoms with van der Waals surface area (Å²) in [5.41, 5.74) is -0.437. The number of aromatic nitrogens is 2. The number of nitrogens with one attached hydrogen (secondary N) is 1. The van der Waals surface area contributed by atoms with Crippen LogP contribution in [0.4, 0.5) is 0 Å². The summed E-state index contributed by atoms with van der Waals surface area (Å²) in [4.78, 5) is 26.5. The maximum atomic E-state index is 11.6. The number of aliphatic hydroxyl groups is 1. The van der Waals surface area contributed by atoms with Gasteiger partial charge in [0.05, 0.1) is 6.10 Å². The van der Waals surface area contributed by atoms with Crippen molar-refractivity contribution in [2.45, 2.75) is 31.9 Å². The third kappa shape index (κ3) is 3.16. The van der Waals surface area contributed by atoms with Gasteiger partial charge < -0.3 is 10.4 Å². The molecule has 2 atom stereocenters. The second-order valence-electron chi connectivity index (χ2n) is 4.59. The highest BCUT2D eigenvalue weighted by Gasteiger charge is 2.25. The average Bonchev–Trinajstić information content (AvgIpc) is 2.75. The van der Waals surface area contributed by atoms with Crippen LogP contribution >= 0.6 is 0 Å². The molecule has 1 aliphatic carbocycles. The van der Waals surface area contributed by atoms with Crippen molar-refractivity contribution in [2.24, 2.45) is 5.92 Å². The van der Waals surface area contributed by atoms with Crippen LogP contribution < -0.4 is 11.0 Å². The van der Waals surface area contributed by atoms with Crippen LogP contribution in [0.25, 0.3) is 0 Å². The van der Waals surface area contributed by atoms with Gasteiger partial charge in [-0.25, -0.2) is 9.78 Å². The lowest BCUT2D eigenvalue weighted by molar-refractivity contribution is -0.122. The van der Waals surface area contributed by atoms with Gasteiger partial charge in [0.1, 0.15) is 6.54 Å². The minimum atomic E-state index is -0.437. The lowest BCUT2D eigenvalue weighted by Gasteiger charge is -2.15. The summed E-state index contributed by atoms with van der Waals surface area (Å²) in [5, 5.41) is 12.4. The summed E-state index contributed by atoms with van der Waals surface area (Å²) in [6.45, 7) is 0.435. The molecular weight excluding hydrogens is 234 g/mol. The van der Waals surface area contributed by atoms with Gasteiger partial charge in [-0.15, -0.1) is 0 Å². The van der Waals surface area contributed by atoms with E-state index in [0.29, 0.717) is 6.54 Å². The number of nitrogens with zero attached hydrogens (tertiary/aromatic N) is 2. The standard InChI is InChI=1S/C12H17N3O3/c16-10-4-1-3-9(10)7-14-11(17)8-15-6-2-5-13-12(15)18/h2,5-6,9-10,16H,1,3-4,7-8H2,(H,14,17). The van der Waals surface area contributed by atoms with Crippen LogP contribution in [0.1, 0.15) is 19.3 Å². The van der Waals surface area contributed by atoms with E-state index in [-0.39, 0.29) is 24.5 Å². The van der Waals surface area contributed by atoms with Crippen LogP contribution in [-0.2, 0) is 11.3 Å². The summed E-state index contributed by atoms with van der Waals surface area (Å²) >= 11 is 0. The van der Waals surface area contributed by atoms with Gasteiger partial charge in [-0.1, -0.05) is 6.42 Å². The number of hydrogen-bond acceptors (Lipinski definition) is 4. The normalized spacial score (nSPS) is 22.9. The van der Waals surface area contributed by atoms with Gasteiger partial charge in [-0.05, 0) is 18.9 Å². The fourth-order valence-electron chi connectivity index (χ4n) is 2.22. The zero-order chi connectivity index (χ0) is 13.0. The highest BCUT2D eigenvalue weighted by molar-refractivity contribution is 5.75. The van der Waals surface area contributed by atoms with Gasteiger partial charge in [0.25, 0.3) is 0 Å². The van der Waals surface area contributed by atoms with Crippen LogP contribution in [0.5, 0.6) is 0 Å². The molecule has 1 aromatic rings. The molecule has 0 radical (unpaired) electrons. The molecule has 1 aromatic heterocycles. The molecule has 0 saturated heterocycles. The van der Waals surface area contributed by atoms with Crippen molar-refractivity contribution in [1.82, 2.24) is 14.9 Å². The van der Waals surface area contributed by atoms with Crippen LogP contribution in [0, 0.1) is 5.92 Å². The Bertz CT molecular complexity index is 472. The topological polar surface area (TPSA) is 84.2 Å². The average molecular weight is 251 g/mol. The Hall–Kier alpha value is -1.69. The minimum absolute atomic E-state index is 0.0323. The van der Waals surface area contributed by atoms with Crippen LogP contribution in [0.15, 0.2) is 23.3 Å². The lowest BCUT2D eigenvalue weighted by Crippen LogP contribution is -2.36. The number of amides is 1. The molecule has 1 fully saturated rings. The van der Waals surface area contributed by atoms with Gasteiger partial charge >= 0.3 is 5.69 Å². The maximum absolute atomic E-state index is 11.6. The molecular formula is C12H17N3O3. The Morgan fingerprint density at radius 3 is 3.06 bits per heavy atom. The molecule has 2 unspecified atom stereocenters. The molecule has 1 heterocycles. The first-order valence-corrected chi connectivity index (χ1v) is 6.13. The highest BCUT2D eigenvalue weighted by atomic mass is 16.3. The molecule has 0 spiro atoms. The molecule has 1 saturated carbocycles. The van der Waals surface area contributed by atoms with E-state index in [0.717, 1.165) is 19.3 Å². The Balaban J connectivity index is 1.82. The SMILES string of the molecule is O=C(Cn1cccnc1=O)NCC1CCCC1O. The predicted octanol–water partition coefficient (Wildman–Crippen LogP) is -0.480. The summed E-state index contributed by atoms with van der Waals surface area (Å²) in [7, 11) is 0. The summed E-state index contributed by atoms with van der Waals surface area (Å²) < 4.78 is 1.25. The van der Waals surface area contributed by atoms with E-state index in [2.05, 4.69) is 10.3 Å². The number of aliphatic hydroxyl groups excluding tert-OH is 1. The smallest absolute Gasteiger partial charge is 0.347 e. The largest absolute Gasteiger partial charge is 0.393 e.